The van der Waals surface area contributed by atoms with Gasteiger partial charge in [0.25, 0.3) is 5.91 Å². The van der Waals surface area contributed by atoms with E-state index in [1.165, 1.54) is 0 Å². The van der Waals surface area contributed by atoms with Crippen LogP contribution < -0.4 is 19.5 Å². The Kier molecular flexibility index (Phi) is 4.14. The average molecular weight is 353 g/mol. The van der Waals surface area contributed by atoms with Gasteiger partial charge in [0.15, 0.2) is 11.5 Å². The molecule has 8 nitrogen and oxygen atoms in total. The number of benzene rings is 2. The molecular weight excluding hydrogens is 338 g/mol. The molecule has 3 aromatic rings. The van der Waals surface area contributed by atoms with Crippen molar-refractivity contribution in [1.82, 2.24) is 15.5 Å². The number of nitrogens with one attached hydrogen (secondary N) is 1. The van der Waals surface area contributed by atoms with E-state index in [4.69, 9.17) is 18.7 Å². The normalized spacial score (nSPS) is 12.0. The summed E-state index contributed by atoms with van der Waals surface area (Å²) in [6.07, 6.45) is 0. The van der Waals surface area contributed by atoms with Crippen LogP contribution in [0.2, 0.25) is 0 Å². The number of carbonyl (C=O) groups excluding carboxylic acids is 1. The number of fused-ring (bicyclic) bond motifs is 1. The van der Waals surface area contributed by atoms with Gasteiger partial charge in [-0.2, -0.15) is 4.98 Å². The second-order valence-electron chi connectivity index (χ2n) is 5.49. The third-order valence-corrected chi connectivity index (χ3v) is 3.85. The molecular formula is C18H15N3O5. The van der Waals surface area contributed by atoms with Crippen LogP contribution in [-0.2, 0) is 6.54 Å². The first-order chi connectivity index (χ1) is 12.7. The van der Waals surface area contributed by atoms with Gasteiger partial charge >= 0.3 is 0 Å². The Bertz CT molecular complexity index is 936. The van der Waals surface area contributed by atoms with Crippen LogP contribution >= 0.6 is 0 Å². The van der Waals surface area contributed by atoms with E-state index in [1.807, 2.05) is 6.07 Å². The van der Waals surface area contributed by atoms with Crippen molar-refractivity contribution in [2.45, 2.75) is 6.54 Å². The van der Waals surface area contributed by atoms with Crippen molar-refractivity contribution in [3.05, 3.63) is 53.9 Å². The lowest BCUT2D eigenvalue weighted by atomic mass is 10.2. The number of methoxy groups -OCH3 is 1. The van der Waals surface area contributed by atoms with Crippen molar-refractivity contribution in [2.75, 3.05) is 13.9 Å². The van der Waals surface area contributed by atoms with E-state index in [1.54, 1.807) is 43.5 Å². The standard InChI is InChI=1S/C18H15N3O5/c1-23-13-5-2-11(3-6-13)18(22)19-9-16-20-17(21-26-16)12-4-7-14-15(8-12)25-10-24-14/h2-8H,9-10H2,1H3,(H,19,22). The van der Waals surface area contributed by atoms with Crippen molar-refractivity contribution < 1.29 is 23.5 Å². The predicted molar refractivity (Wildman–Crippen MR) is 90.0 cm³/mol. The van der Waals surface area contributed by atoms with Crippen molar-refractivity contribution in [2.24, 2.45) is 0 Å². The molecule has 1 N–H and O–H groups in total. The summed E-state index contributed by atoms with van der Waals surface area (Å²) in [5, 5.41) is 6.67. The van der Waals surface area contributed by atoms with Gasteiger partial charge in [0.05, 0.1) is 13.7 Å². The summed E-state index contributed by atoms with van der Waals surface area (Å²) in [6.45, 7) is 0.329. The number of hydrogen-bond donors (Lipinski definition) is 1. The molecule has 8 heteroatoms. The number of amides is 1. The van der Waals surface area contributed by atoms with Crippen molar-refractivity contribution in [1.29, 1.82) is 0 Å². The van der Waals surface area contributed by atoms with Gasteiger partial charge < -0.3 is 24.1 Å². The molecule has 2 aromatic carbocycles. The van der Waals surface area contributed by atoms with Crippen LogP contribution in [0.4, 0.5) is 0 Å². The van der Waals surface area contributed by atoms with Gasteiger partial charge in [-0.1, -0.05) is 5.16 Å². The van der Waals surface area contributed by atoms with Gasteiger partial charge in [0, 0.05) is 11.1 Å². The van der Waals surface area contributed by atoms with E-state index < -0.39 is 0 Å². The minimum Gasteiger partial charge on any atom is -0.497 e. The predicted octanol–water partition coefficient (Wildman–Crippen LogP) is 2.40. The maximum absolute atomic E-state index is 12.2. The number of rotatable bonds is 5. The molecule has 0 bridgehead atoms. The maximum Gasteiger partial charge on any atom is 0.251 e. The minimum absolute atomic E-state index is 0.127. The Morgan fingerprint density at radius 2 is 1.96 bits per heavy atom. The Labute approximate surface area is 148 Å². The zero-order chi connectivity index (χ0) is 17.9. The molecule has 132 valence electrons. The quantitative estimate of drug-likeness (QED) is 0.752. The smallest absolute Gasteiger partial charge is 0.251 e. The van der Waals surface area contributed by atoms with Gasteiger partial charge in [-0.25, -0.2) is 0 Å². The third-order valence-electron chi connectivity index (χ3n) is 3.85. The van der Waals surface area contributed by atoms with Crippen molar-refractivity contribution >= 4 is 5.91 Å². The van der Waals surface area contributed by atoms with Crippen LogP contribution in [0.1, 0.15) is 16.2 Å². The Hall–Kier alpha value is -3.55. The van der Waals surface area contributed by atoms with Gasteiger partial charge in [-0.15, -0.1) is 0 Å². The summed E-state index contributed by atoms with van der Waals surface area (Å²) in [6, 6.07) is 12.2. The molecule has 0 saturated carbocycles. The lowest BCUT2D eigenvalue weighted by molar-refractivity contribution is 0.0946. The number of hydrogen-bond acceptors (Lipinski definition) is 7. The molecule has 0 aliphatic carbocycles. The van der Waals surface area contributed by atoms with Crippen LogP contribution in [-0.4, -0.2) is 30.0 Å². The lowest BCUT2D eigenvalue weighted by Gasteiger charge is -2.03. The number of aromatic nitrogens is 2. The highest BCUT2D eigenvalue weighted by atomic mass is 16.7. The molecule has 1 aliphatic heterocycles. The fourth-order valence-electron chi connectivity index (χ4n) is 2.48. The van der Waals surface area contributed by atoms with E-state index in [0.717, 1.165) is 5.56 Å². The van der Waals surface area contributed by atoms with Crippen LogP contribution in [0.3, 0.4) is 0 Å². The lowest BCUT2D eigenvalue weighted by Crippen LogP contribution is -2.22. The first kappa shape index (κ1) is 15.9. The third kappa shape index (κ3) is 3.16. The molecule has 0 saturated heterocycles. The monoisotopic (exact) mass is 353 g/mol. The first-order valence-corrected chi connectivity index (χ1v) is 7.88. The summed E-state index contributed by atoms with van der Waals surface area (Å²) in [4.78, 5) is 16.4. The highest BCUT2D eigenvalue weighted by Crippen LogP contribution is 2.35. The van der Waals surface area contributed by atoms with Crippen molar-refractivity contribution in [3.63, 3.8) is 0 Å². The maximum atomic E-state index is 12.2. The van der Waals surface area contributed by atoms with E-state index in [9.17, 15) is 4.79 Å². The molecule has 2 heterocycles. The highest BCUT2D eigenvalue weighted by Gasteiger charge is 2.17. The van der Waals surface area contributed by atoms with Crippen LogP contribution in [0.5, 0.6) is 17.2 Å². The summed E-state index contributed by atoms with van der Waals surface area (Å²) in [7, 11) is 1.57. The molecule has 1 aliphatic rings. The molecule has 0 radical (unpaired) electrons. The molecule has 4 rings (SSSR count). The average Bonchev–Trinajstić information content (AvgIpc) is 3.34. The molecule has 0 unspecified atom stereocenters. The SMILES string of the molecule is COc1ccc(C(=O)NCc2nc(-c3ccc4c(c3)OCO4)no2)cc1. The molecule has 0 atom stereocenters. The number of ether oxygens (including phenoxy) is 3. The zero-order valence-electron chi connectivity index (χ0n) is 13.9. The van der Waals surface area contributed by atoms with Gasteiger partial charge in [-0.3, -0.25) is 4.79 Å². The summed E-state index contributed by atoms with van der Waals surface area (Å²) in [5.41, 5.74) is 1.26. The Balaban J connectivity index is 1.41. The van der Waals surface area contributed by atoms with Gasteiger partial charge in [0.2, 0.25) is 18.5 Å². The molecule has 1 aromatic heterocycles. The van der Waals surface area contributed by atoms with Gasteiger partial charge in [-0.05, 0) is 42.5 Å². The fraction of sp³-hybridized carbons (Fsp3) is 0.167. The van der Waals surface area contributed by atoms with Crippen LogP contribution in [0.25, 0.3) is 11.4 Å². The van der Waals surface area contributed by atoms with Crippen LogP contribution in [0.15, 0.2) is 47.0 Å². The Morgan fingerprint density at radius 3 is 2.77 bits per heavy atom. The second kappa shape index (κ2) is 6.75. The Morgan fingerprint density at radius 1 is 1.15 bits per heavy atom. The summed E-state index contributed by atoms with van der Waals surface area (Å²) in [5.74, 6) is 2.49. The molecule has 1 amide bonds. The zero-order valence-corrected chi connectivity index (χ0v) is 13.9. The first-order valence-electron chi connectivity index (χ1n) is 7.88. The number of carbonyl (C=O) groups is 1. The fourth-order valence-corrected chi connectivity index (χ4v) is 2.48. The van der Waals surface area contributed by atoms with Crippen LogP contribution in [0, 0.1) is 0 Å². The highest BCUT2D eigenvalue weighted by molar-refractivity contribution is 5.94. The van der Waals surface area contributed by atoms with E-state index in [0.29, 0.717) is 34.5 Å². The molecule has 0 spiro atoms. The van der Waals surface area contributed by atoms with Gasteiger partial charge in [0.1, 0.15) is 5.75 Å². The second-order valence-corrected chi connectivity index (χ2v) is 5.49. The largest absolute Gasteiger partial charge is 0.497 e. The van der Waals surface area contributed by atoms with Crippen molar-refractivity contribution in [3.8, 4) is 28.6 Å². The topological polar surface area (TPSA) is 95.7 Å². The summed E-state index contributed by atoms with van der Waals surface area (Å²) >= 11 is 0. The minimum atomic E-state index is -0.240. The molecule has 26 heavy (non-hydrogen) atoms. The van der Waals surface area contributed by atoms with E-state index in [-0.39, 0.29) is 19.2 Å². The van der Waals surface area contributed by atoms with E-state index in [2.05, 4.69) is 15.5 Å². The molecule has 0 fully saturated rings. The van der Waals surface area contributed by atoms with E-state index >= 15 is 0 Å². The number of nitrogens with zero attached hydrogens (tertiary/aromatic N) is 2. The summed E-state index contributed by atoms with van der Waals surface area (Å²) < 4.78 is 20.9.